The Kier molecular flexibility index (Phi) is 4.58. The number of nitrogens with zero attached hydrogens (tertiary/aromatic N) is 2. The van der Waals surface area contributed by atoms with Crippen molar-refractivity contribution >= 4 is 38.6 Å². The first kappa shape index (κ1) is 17.5. The fourth-order valence-electron chi connectivity index (χ4n) is 3.21. The Hall–Kier alpha value is -2.86. The van der Waals surface area contributed by atoms with Gasteiger partial charge in [0.05, 0.1) is 11.4 Å². The van der Waals surface area contributed by atoms with Gasteiger partial charge < -0.3 is 9.88 Å². The Morgan fingerprint density at radius 3 is 2.78 bits per heavy atom. The number of carbonyl (C=O) groups excluding carboxylic acids is 1. The minimum Gasteiger partial charge on any atom is -0.340 e. The molecule has 0 spiro atoms. The molecule has 27 heavy (non-hydrogen) atoms. The number of H-pyrrole nitrogens is 1. The molecule has 2 aromatic carbocycles. The fraction of sp³-hybridized carbons (Fsp3) is 0.143. The van der Waals surface area contributed by atoms with Gasteiger partial charge in [0.15, 0.2) is 5.82 Å². The molecular weight excluding hydrogens is 404 g/mol. The molecule has 2 heterocycles. The van der Waals surface area contributed by atoms with E-state index in [0.717, 1.165) is 28.0 Å². The number of amides is 1. The molecule has 0 fully saturated rings. The zero-order valence-corrected chi connectivity index (χ0v) is 16.7. The third-order valence-corrected chi connectivity index (χ3v) is 5.51. The average Bonchev–Trinajstić information content (AvgIpc) is 3.27. The minimum absolute atomic E-state index is 0.190. The molecule has 0 atom stereocenters. The first-order valence-electron chi connectivity index (χ1n) is 8.78. The Morgan fingerprint density at radius 2 is 2.00 bits per heavy atom. The first-order valence-corrected chi connectivity index (χ1v) is 9.57. The zero-order valence-electron chi connectivity index (χ0n) is 15.1. The fourth-order valence-corrected chi connectivity index (χ4v) is 3.59. The summed E-state index contributed by atoms with van der Waals surface area (Å²) in [7, 11) is 0. The molecule has 0 aliphatic rings. The van der Waals surface area contributed by atoms with Gasteiger partial charge in [0, 0.05) is 33.6 Å². The van der Waals surface area contributed by atoms with Gasteiger partial charge in [-0.2, -0.15) is 5.10 Å². The third kappa shape index (κ3) is 3.28. The lowest BCUT2D eigenvalue weighted by atomic mass is 10.1. The SMILES string of the molecule is CCn1c(-c2cc(NC(=O)c3ccc(C)c(Br)c3)n[nH]2)cc2ccccc21. The second-order valence-corrected chi connectivity index (χ2v) is 7.27. The summed E-state index contributed by atoms with van der Waals surface area (Å²) in [5.41, 5.74) is 4.76. The summed E-state index contributed by atoms with van der Waals surface area (Å²) in [6.45, 7) is 4.95. The molecule has 0 unspecified atom stereocenters. The van der Waals surface area contributed by atoms with Gasteiger partial charge in [0.1, 0.15) is 0 Å². The van der Waals surface area contributed by atoms with Crippen molar-refractivity contribution in [3.05, 3.63) is 70.2 Å². The van der Waals surface area contributed by atoms with Gasteiger partial charge in [-0.1, -0.05) is 40.2 Å². The number of benzene rings is 2. The number of halogens is 1. The number of hydrogen-bond acceptors (Lipinski definition) is 2. The standard InChI is InChI=1S/C21H19BrN4O/c1-3-26-18-7-5-4-6-14(18)11-19(26)17-12-20(25-24-17)23-21(27)15-9-8-13(2)16(22)10-15/h4-12H,3H2,1-2H3,(H2,23,24,25,27). The van der Waals surface area contributed by atoms with Crippen molar-refractivity contribution in [3.63, 3.8) is 0 Å². The van der Waals surface area contributed by atoms with E-state index in [1.54, 1.807) is 6.07 Å². The van der Waals surface area contributed by atoms with Gasteiger partial charge in [-0.25, -0.2) is 0 Å². The maximum absolute atomic E-state index is 12.5. The van der Waals surface area contributed by atoms with Gasteiger partial charge >= 0.3 is 0 Å². The lowest BCUT2D eigenvalue weighted by Gasteiger charge is -2.05. The number of aromatic nitrogens is 3. The quantitative estimate of drug-likeness (QED) is 0.463. The normalized spacial score (nSPS) is 11.1. The molecule has 4 aromatic rings. The molecular formula is C21H19BrN4O. The van der Waals surface area contributed by atoms with E-state index in [1.165, 1.54) is 10.9 Å². The Balaban J connectivity index is 1.62. The molecule has 2 N–H and O–H groups in total. The van der Waals surface area contributed by atoms with E-state index in [2.05, 4.69) is 61.1 Å². The predicted molar refractivity (Wildman–Crippen MR) is 112 cm³/mol. The van der Waals surface area contributed by atoms with Crippen LogP contribution in [0.1, 0.15) is 22.8 Å². The molecule has 5 nitrogen and oxygen atoms in total. The third-order valence-electron chi connectivity index (χ3n) is 4.66. The molecule has 0 aliphatic heterocycles. The number of hydrogen-bond donors (Lipinski definition) is 2. The number of para-hydroxylation sites is 1. The van der Waals surface area contributed by atoms with Crippen LogP contribution < -0.4 is 5.32 Å². The number of nitrogens with one attached hydrogen (secondary N) is 2. The number of rotatable bonds is 4. The second-order valence-electron chi connectivity index (χ2n) is 6.42. The molecule has 4 rings (SSSR count). The van der Waals surface area contributed by atoms with Crippen molar-refractivity contribution in [2.45, 2.75) is 20.4 Å². The molecule has 2 aromatic heterocycles. The van der Waals surface area contributed by atoms with E-state index in [0.29, 0.717) is 11.4 Å². The highest BCUT2D eigenvalue weighted by Gasteiger charge is 2.14. The van der Waals surface area contributed by atoms with Crippen molar-refractivity contribution in [1.82, 2.24) is 14.8 Å². The highest BCUT2D eigenvalue weighted by Crippen LogP contribution is 2.28. The van der Waals surface area contributed by atoms with Gasteiger partial charge in [-0.3, -0.25) is 9.89 Å². The molecule has 0 saturated carbocycles. The summed E-state index contributed by atoms with van der Waals surface area (Å²) < 4.78 is 3.14. The number of aromatic amines is 1. The van der Waals surface area contributed by atoms with Crippen LogP contribution >= 0.6 is 15.9 Å². The van der Waals surface area contributed by atoms with Crippen LogP contribution in [-0.4, -0.2) is 20.7 Å². The summed E-state index contributed by atoms with van der Waals surface area (Å²) in [6.07, 6.45) is 0. The summed E-state index contributed by atoms with van der Waals surface area (Å²) >= 11 is 3.46. The first-order chi connectivity index (χ1) is 13.1. The second kappa shape index (κ2) is 7.04. The van der Waals surface area contributed by atoms with Crippen LogP contribution in [0.2, 0.25) is 0 Å². The van der Waals surface area contributed by atoms with E-state index in [9.17, 15) is 4.79 Å². The molecule has 0 radical (unpaired) electrons. The van der Waals surface area contributed by atoms with Crippen molar-refractivity contribution in [2.24, 2.45) is 0 Å². The monoisotopic (exact) mass is 422 g/mol. The van der Waals surface area contributed by atoms with Crippen molar-refractivity contribution in [1.29, 1.82) is 0 Å². The van der Waals surface area contributed by atoms with E-state index in [4.69, 9.17) is 0 Å². The number of anilines is 1. The Bertz CT molecular complexity index is 1140. The maximum Gasteiger partial charge on any atom is 0.256 e. The van der Waals surface area contributed by atoms with Gasteiger partial charge in [0.2, 0.25) is 0 Å². The van der Waals surface area contributed by atoms with Crippen LogP contribution in [0.25, 0.3) is 22.3 Å². The molecule has 1 amide bonds. The largest absolute Gasteiger partial charge is 0.340 e. The summed E-state index contributed by atoms with van der Waals surface area (Å²) in [6, 6.07) is 17.8. The average molecular weight is 423 g/mol. The molecule has 136 valence electrons. The van der Waals surface area contributed by atoms with Crippen molar-refractivity contribution in [2.75, 3.05) is 5.32 Å². The lowest BCUT2D eigenvalue weighted by molar-refractivity contribution is 0.102. The molecule has 0 saturated heterocycles. The van der Waals surface area contributed by atoms with Gasteiger partial charge in [0.25, 0.3) is 5.91 Å². The van der Waals surface area contributed by atoms with E-state index in [-0.39, 0.29) is 5.91 Å². The molecule has 0 aliphatic carbocycles. The molecule has 6 heteroatoms. The summed E-state index contributed by atoms with van der Waals surface area (Å²) in [5.74, 6) is 0.310. The zero-order chi connectivity index (χ0) is 19.0. The van der Waals surface area contributed by atoms with Crippen LogP contribution in [-0.2, 0) is 6.54 Å². The van der Waals surface area contributed by atoms with E-state index in [1.807, 2.05) is 37.3 Å². The Morgan fingerprint density at radius 1 is 1.19 bits per heavy atom. The topological polar surface area (TPSA) is 62.7 Å². The van der Waals surface area contributed by atoms with E-state index >= 15 is 0 Å². The van der Waals surface area contributed by atoms with Gasteiger partial charge in [-0.15, -0.1) is 0 Å². The Labute approximate surface area is 165 Å². The maximum atomic E-state index is 12.5. The number of aryl methyl sites for hydroxylation is 2. The van der Waals surface area contributed by atoms with Crippen LogP contribution in [0.5, 0.6) is 0 Å². The van der Waals surface area contributed by atoms with Crippen LogP contribution in [0.3, 0.4) is 0 Å². The number of carbonyl (C=O) groups is 1. The van der Waals surface area contributed by atoms with E-state index < -0.39 is 0 Å². The molecule has 0 bridgehead atoms. The van der Waals surface area contributed by atoms with Crippen LogP contribution in [0.15, 0.2) is 59.1 Å². The van der Waals surface area contributed by atoms with Crippen molar-refractivity contribution < 1.29 is 4.79 Å². The number of fused-ring (bicyclic) bond motifs is 1. The summed E-state index contributed by atoms with van der Waals surface area (Å²) in [5, 5.41) is 11.3. The van der Waals surface area contributed by atoms with Crippen LogP contribution in [0, 0.1) is 6.92 Å². The predicted octanol–water partition coefficient (Wildman–Crippen LogP) is 5.37. The summed E-state index contributed by atoms with van der Waals surface area (Å²) in [4.78, 5) is 12.5. The highest BCUT2D eigenvalue weighted by molar-refractivity contribution is 9.10. The lowest BCUT2D eigenvalue weighted by Crippen LogP contribution is -2.12. The van der Waals surface area contributed by atoms with Crippen LogP contribution in [0.4, 0.5) is 5.82 Å². The smallest absolute Gasteiger partial charge is 0.256 e. The van der Waals surface area contributed by atoms with Crippen molar-refractivity contribution in [3.8, 4) is 11.4 Å². The van der Waals surface area contributed by atoms with Gasteiger partial charge in [-0.05, 0) is 43.7 Å². The highest BCUT2D eigenvalue weighted by atomic mass is 79.9. The minimum atomic E-state index is -0.190.